The van der Waals surface area contributed by atoms with Gasteiger partial charge >= 0.3 is 0 Å². The summed E-state index contributed by atoms with van der Waals surface area (Å²) < 4.78 is 0. The minimum atomic E-state index is -0.530. The van der Waals surface area contributed by atoms with E-state index in [1.54, 1.807) is 0 Å². The van der Waals surface area contributed by atoms with Crippen molar-refractivity contribution in [3.63, 3.8) is 0 Å². The third-order valence-corrected chi connectivity index (χ3v) is 11.0. The number of fused-ring (bicyclic) bond motifs is 4. The lowest BCUT2D eigenvalue weighted by Gasteiger charge is -2.56. The molecule has 38 heavy (non-hydrogen) atoms. The summed E-state index contributed by atoms with van der Waals surface area (Å²) in [5, 5.41) is 11.9. The number of nitro groups is 1. The van der Waals surface area contributed by atoms with Crippen LogP contribution in [-0.2, 0) is 11.8 Å². The quantitative estimate of drug-likeness (QED) is 0.116. The van der Waals surface area contributed by atoms with E-state index in [-0.39, 0.29) is 65.6 Å². The number of benzene rings is 2. The van der Waals surface area contributed by atoms with E-state index in [1.807, 2.05) is 19.9 Å². The normalized spacial score (nSPS) is 26.4. The molecule has 0 bridgehead atoms. The standard InChI is InChI=1S/C28H28Cl4N2O4/c1-13(2)14-6-8-16-15(24(14)34(37)38)7-9-17-27(3,10-5-11-28(16,17)4)12-33-25(35)18-19(26(33)36)21(30)23(32)22(31)20(18)29/h6,8,13,17H,5,7,9-12H2,1-4H3/t17-,27-,28+/m0/s1. The van der Waals surface area contributed by atoms with Crippen LogP contribution in [0.1, 0.15) is 96.7 Å². The number of rotatable bonds is 4. The van der Waals surface area contributed by atoms with E-state index >= 15 is 0 Å². The number of hydrogen-bond acceptors (Lipinski definition) is 4. The first-order valence-corrected chi connectivity index (χ1v) is 14.3. The highest BCUT2D eigenvalue weighted by Crippen LogP contribution is 2.59. The average molecular weight is 598 g/mol. The van der Waals surface area contributed by atoms with Crippen LogP contribution in [0.25, 0.3) is 0 Å². The molecular formula is C28H28Cl4N2O4. The molecule has 2 amide bonds. The molecule has 0 aromatic heterocycles. The molecule has 0 radical (unpaired) electrons. The molecule has 6 nitrogen and oxygen atoms in total. The van der Waals surface area contributed by atoms with Gasteiger partial charge < -0.3 is 0 Å². The second-order valence-electron chi connectivity index (χ2n) is 11.7. The third kappa shape index (κ3) is 3.81. The number of hydrogen-bond donors (Lipinski definition) is 0. The highest BCUT2D eigenvalue weighted by molar-refractivity contribution is 6.55. The van der Waals surface area contributed by atoms with Crippen LogP contribution in [-0.4, -0.2) is 28.2 Å². The van der Waals surface area contributed by atoms with E-state index in [9.17, 15) is 19.7 Å². The van der Waals surface area contributed by atoms with Gasteiger partial charge in [0.1, 0.15) is 0 Å². The first-order valence-electron chi connectivity index (χ1n) is 12.8. The molecule has 1 saturated carbocycles. The lowest BCUT2D eigenvalue weighted by atomic mass is 9.49. The lowest BCUT2D eigenvalue weighted by Crippen LogP contribution is -2.54. The van der Waals surface area contributed by atoms with Crippen LogP contribution >= 0.6 is 46.4 Å². The SMILES string of the molecule is CC(C)c1ccc2c(c1[N+](=O)[O-])CC[C@H]1[C@](C)(CN3C(=O)c4c(Cl)c(Cl)c(Cl)c(Cl)c4C3=O)CCC[C@]21C. The van der Waals surface area contributed by atoms with E-state index in [0.29, 0.717) is 6.42 Å². The Kier molecular flexibility index (Phi) is 6.82. The summed E-state index contributed by atoms with van der Waals surface area (Å²) in [5.41, 5.74) is 2.07. The van der Waals surface area contributed by atoms with E-state index in [2.05, 4.69) is 19.9 Å². The van der Waals surface area contributed by atoms with Gasteiger partial charge in [-0.25, -0.2) is 0 Å². The van der Waals surface area contributed by atoms with Crippen molar-refractivity contribution in [3.05, 3.63) is 70.2 Å². The molecule has 0 unspecified atom stereocenters. The Bertz CT molecular complexity index is 1380. The zero-order valence-electron chi connectivity index (χ0n) is 21.6. The monoisotopic (exact) mass is 596 g/mol. The first-order chi connectivity index (χ1) is 17.7. The summed E-state index contributed by atoms with van der Waals surface area (Å²) in [6.45, 7) is 8.43. The molecule has 1 aliphatic heterocycles. The maximum atomic E-state index is 13.5. The third-order valence-electron chi connectivity index (χ3n) is 9.18. The van der Waals surface area contributed by atoms with E-state index < -0.39 is 17.2 Å². The molecule has 0 spiro atoms. The molecule has 0 saturated heterocycles. The van der Waals surface area contributed by atoms with Gasteiger partial charge in [-0.15, -0.1) is 0 Å². The summed E-state index contributed by atoms with van der Waals surface area (Å²) in [5.74, 6) is -0.921. The average Bonchev–Trinajstić information content (AvgIpc) is 3.09. The van der Waals surface area contributed by atoms with Gasteiger partial charge in [-0.05, 0) is 53.9 Å². The Morgan fingerprint density at radius 2 is 1.58 bits per heavy atom. The molecule has 202 valence electrons. The van der Waals surface area contributed by atoms with Gasteiger partial charge in [-0.3, -0.25) is 24.6 Å². The fraction of sp³-hybridized carbons (Fsp3) is 0.500. The minimum Gasteiger partial charge on any atom is -0.274 e. The van der Waals surface area contributed by atoms with Gasteiger partial charge in [0.25, 0.3) is 17.5 Å². The molecule has 3 aliphatic rings. The van der Waals surface area contributed by atoms with Crippen molar-refractivity contribution in [1.29, 1.82) is 0 Å². The highest BCUT2D eigenvalue weighted by Gasteiger charge is 2.55. The predicted molar refractivity (Wildman–Crippen MR) is 150 cm³/mol. The Morgan fingerprint density at radius 3 is 2.11 bits per heavy atom. The van der Waals surface area contributed by atoms with Crippen molar-refractivity contribution in [2.24, 2.45) is 11.3 Å². The zero-order chi connectivity index (χ0) is 27.9. The van der Waals surface area contributed by atoms with Crippen LogP contribution in [0.2, 0.25) is 20.1 Å². The van der Waals surface area contributed by atoms with Gasteiger partial charge in [-0.1, -0.05) is 92.7 Å². The number of carbonyl (C=O) groups is 2. The fourth-order valence-corrected chi connectivity index (χ4v) is 8.48. The Morgan fingerprint density at radius 1 is 1.00 bits per heavy atom. The van der Waals surface area contributed by atoms with Crippen LogP contribution < -0.4 is 0 Å². The van der Waals surface area contributed by atoms with Gasteiger partial charge in [0.15, 0.2) is 0 Å². The van der Waals surface area contributed by atoms with Crippen LogP contribution in [0.3, 0.4) is 0 Å². The molecule has 10 heteroatoms. The molecule has 1 fully saturated rings. The first kappa shape index (κ1) is 27.7. The largest absolute Gasteiger partial charge is 0.276 e. The molecule has 3 atom stereocenters. The number of nitro benzene ring substituents is 1. The molecule has 1 heterocycles. The summed E-state index contributed by atoms with van der Waals surface area (Å²) in [4.78, 5) is 40.2. The van der Waals surface area contributed by atoms with Crippen LogP contribution in [0, 0.1) is 21.4 Å². The van der Waals surface area contributed by atoms with E-state index in [1.165, 1.54) is 4.90 Å². The van der Waals surface area contributed by atoms with Crippen LogP contribution in [0.15, 0.2) is 12.1 Å². The fourth-order valence-electron chi connectivity index (χ4n) is 7.47. The second-order valence-corrected chi connectivity index (χ2v) is 13.2. The van der Waals surface area contributed by atoms with E-state index in [4.69, 9.17) is 46.4 Å². The van der Waals surface area contributed by atoms with Crippen molar-refractivity contribution in [1.82, 2.24) is 4.90 Å². The molecule has 2 aromatic rings. The Hall–Kier alpha value is -1.86. The molecule has 2 aliphatic carbocycles. The minimum absolute atomic E-state index is 0.0101. The smallest absolute Gasteiger partial charge is 0.274 e. The second kappa shape index (κ2) is 9.36. The molecular weight excluding hydrogens is 570 g/mol. The Labute approximate surface area is 241 Å². The number of amides is 2. The van der Waals surface area contributed by atoms with Crippen LogP contribution in [0.4, 0.5) is 5.69 Å². The highest BCUT2D eigenvalue weighted by atomic mass is 35.5. The van der Waals surface area contributed by atoms with Crippen molar-refractivity contribution in [2.75, 3.05) is 6.54 Å². The van der Waals surface area contributed by atoms with Crippen molar-refractivity contribution in [2.45, 2.75) is 71.1 Å². The number of carbonyl (C=O) groups excluding carboxylic acids is 2. The maximum Gasteiger partial charge on any atom is 0.276 e. The topological polar surface area (TPSA) is 80.5 Å². The number of nitrogens with zero attached hydrogens (tertiary/aromatic N) is 2. The van der Waals surface area contributed by atoms with Gasteiger partial charge in [0.05, 0.1) is 36.1 Å². The summed E-state index contributed by atoms with van der Waals surface area (Å²) >= 11 is 25.1. The van der Waals surface area contributed by atoms with Crippen molar-refractivity contribution >= 4 is 63.9 Å². The number of halogens is 4. The van der Waals surface area contributed by atoms with Gasteiger partial charge in [-0.2, -0.15) is 0 Å². The van der Waals surface area contributed by atoms with Crippen molar-refractivity contribution in [3.8, 4) is 0 Å². The summed E-state index contributed by atoms with van der Waals surface area (Å²) in [6.07, 6.45) is 3.86. The van der Waals surface area contributed by atoms with Gasteiger partial charge in [0.2, 0.25) is 0 Å². The predicted octanol–water partition coefficient (Wildman–Crippen LogP) is 8.64. The summed E-state index contributed by atoms with van der Waals surface area (Å²) in [7, 11) is 0. The zero-order valence-corrected chi connectivity index (χ0v) is 24.6. The number of imide groups is 1. The molecule has 0 N–H and O–H groups in total. The maximum absolute atomic E-state index is 13.5. The van der Waals surface area contributed by atoms with Crippen molar-refractivity contribution < 1.29 is 14.5 Å². The lowest BCUT2D eigenvalue weighted by molar-refractivity contribution is -0.386. The summed E-state index contributed by atoms with van der Waals surface area (Å²) in [6, 6.07) is 3.98. The van der Waals surface area contributed by atoms with E-state index in [0.717, 1.165) is 42.4 Å². The molecule has 5 rings (SSSR count). The van der Waals surface area contributed by atoms with Gasteiger partial charge in [0, 0.05) is 17.7 Å². The van der Waals surface area contributed by atoms with Crippen LogP contribution in [0.5, 0.6) is 0 Å². The Balaban J connectivity index is 1.55. The molecule has 2 aromatic carbocycles.